The molecule has 0 amide bonds. The van der Waals surface area contributed by atoms with Gasteiger partial charge in [-0.3, -0.25) is 9.69 Å². The molecule has 1 atom stereocenters. The van der Waals surface area contributed by atoms with Gasteiger partial charge in [0.1, 0.15) is 11.6 Å². The van der Waals surface area contributed by atoms with Gasteiger partial charge in [-0.15, -0.1) is 0 Å². The Balaban J connectivity index is 1.61. The van der Waals surface area contributed by atoms with Crippen molar-refractivity contribution in [2.45, 2.75) is 37.8 Å². The van der Waals surface area contributed by atoms with Gasteiger partial charge in [-0.2, -0.15) is 5.26 Å². The summed E-state index contributed by atoms with van der Waals surface area (Å²) in [5, 5.41) is 13.2. The molecule has 0 aromatic heterocycles. The van der Waals surface area contributed by atoms with Crippen LogP contribution < -0.4 is 0 Å². The Labute approximate surface area is 141 Å². The van der Waals surface area contributed by atoms with Crippen molar-refractivity contribution in [2.24, 2.45) is 5.16 Å². The lowest BCUT2D eigenvalue weighted by atomic mass is 9.85. The molecule has 1 aromatic carbocycles. The second-order valence-electron chi connectivity index (χ2n) is 6.41. The summed E-state index contributed by atoms with van der Waals surface area (Å²) in [6.45, 7) is 3.44. The predicted molar refractivity (Wildman–Crippen MR) is 88.4 cm³/mol. The number of nitrogens with zero attached hydrogens (tertiary/aromatic N) is 3. The van der Waals surface area contributed by atoms with Crippen molar-refractivity contribution in [3.8, 4) is 6.07 Å². The van der Waals surface area contributed by atoms with E-state index in [1.807, 2.05) is 19.1 Å². The number of esters is 1. The van der Waals surface area contributed by atoms with Crippen molar-refractivity contribution in [2.75, 3.05) is 20.2 Å². The standard InChI is InChI=1S/C18H21N3O3/c1-13(17(22)23-2)21-9-7-18(8-10-21)11-16(20-24-18)15-5-3-14(12-19)4-6-15/h3-6,13H,7-11H2,1-2H3. The van der Waals surface area contributed by atoms with Crippen LogP contribution in [0, 0.1) is 11.3 Å². The van der Waals surface area contributed by atoms with E-state index in [1.165, 1.54) is 7.11 Å². The minimum Gasteiger partial charge on any atom is -0.468 e. The third-order valence-corrected chi connectivity index (χ3v) is 4.99. The number of oxime groups is 1. The second kappa shape index (κ2) is 6.62. The predicted octanol–water partition coefficient (Wildman–Crippen LogP) is 2.08. The van der Waals surface area contributed by atoms with Gasteiger partial charge in [0.25, 0.3) is 0 Å². The molecule has 2 aliphatic heterocycles. The van der Waals surface area contributed by atoms with Crippen LogP contribution in [0.4, 0.5) is 0 Å². The molecule has 1 unspecified atom stereocenters. The van der Waals surface area contributed by atoms with Gasteiger partial charge >= 0.3 is 5.97 Å². The highest BCUT2D eigenvalue weighted by atomic mass is 16.7. The third kappa shape index (κ3) is 3.13. The van der Waals surface area contributed by atoms with Crippen LogP contribution in [0.25, 0.3) is 0 Å². The van der Waals surface area contributed by atoms with Gasteiger partial charge in [-0.1, -0.05) is 17.3 Å². The largest absolute Gasteiger partial charge is 0.468 e. The molecular formula is C18H21N3O3. The fourth-order valence-electron chi connectivity index (χ4n) is 3.32. The molecule has 0 saturated carbocycles. The molecule has 6 nitrogen and oxygen atoms in total. The van der Waals surface area contributed by atoms with Gasteiger partial charge in [-0.25, -0.2) is 0 Å². The maximum Gasteiger partial charge on any atom is 0.322 e. The van der Waals surface area contributed by atoms with Gasteiger partial charge in [0.15, 0.2) is 0 Å². The summed E-state index contributed by atoms with van der Waals surface area (Å²) in [7, 11) is 1.42. The van der Waals surface area contributed by atoms with Crippen LogP contribution in [0.2, 0.25) is 0 Å². The van der Waals surface area contributed by atoms with E-state index >= 15 is 0 Å². The molecular weight excluding hydrogens is 306 g/mol. The number of hydrogen-bond donors (Lipinski definition) is 0. The summed E-state index contributed by atoms with van der Waals surface area (Å²) in [6, 6.07) is 9.30. The summed E-state index contributed by atoms with van der Waals surface area (Å²) < 4.78 is 4.82. The molecule has 1 fully saturated rings. The Morgan fingerprint density at radius 1 is 1.38 bits per heavy atom. The van der Waals surface area contributed by atoms with Gasteiger partial charge < -0.3 is 9.57 Å². The first-order valence-corrected chi connectivity index (χ1v) is 8.14. The Morgan fingerprint density at radius 2 is 2.04 bits per heavy atom. The Kier molecular flexibility index (Phi) is 4.54. The van der Waals surface area contributed by atoms with E-state index in [9.17, 15) is 4.79 Å². The van der Waals surface area contributed by atoms with Crippen LogP contribution >= 0.6 is 0 Å². The van der Waals surface area contributed by atoms with Gasteiger partial charge in [0.05, 0.1) is 24.5 Å². The maximum atomic E-state index is 11.7. The quantitative estimate of drug-likeness (QED) is 0.795. The van der Waals surface area contributed by atoms with Gasteiger partial charge in [0.2, 0.25) is 0 Å². The monoisotopic (exact) mass is 327 g/mol. The first-order valence-electron chi connectivity index (χ1n) is 8.14. The zero-order chi connectivity index (χ0) is 17.2. The molecule has 2 aliphatic rings. The lowest BCUT2D eigenvalue weighted by Crippen LogP contribution is -2.50. The number of carbonyl (C=O) groups is 1. The minimum absolute atomic E-state index is 0.201. The van der Waals surface area contributed by atoms with Crippen molar-refractivity contribution in [1.29, 1.82) is 5.26 Å². The highest BCUT2D eigenvalue weighted by molar-refractivity contribution is 6.01. The Hall–Kier alpha value is -2.39. The molecule has 1 spiro atoms. The van der Waals surface area contributed by atoms with Crippen molar-refractivity contribution < 1.29 is 14.4 Å². The number of piperidine rings is 1. The maximum absolute atomic E-state index is 11.7. The number of rotatable bonds is 3. The summed E-state index contributed by atoms with van der Waals surface area (Å²) in [5.41, 5.74) is 2.29. The highest BCUT2D eigenvalue weighted by Crippen LogP contribution is 2.36. The molecule has 0 N–H and O–H groups in total. The van der Waals surface area contributed by atoms with Crippen molar-refractivity contribution in [3.05, 3.63) is 35.4 Å². The van der Waals surface area contributed by atoms with Crippen LogP contribution in [0.3, 0.4) is 0 Å². The zero-order valence-electron chi connectivity index (χ0n) is 14.0. The fourth-order valence-corrected chi connectivity index (χ4v) is 3.32. The van der Waals surface area contributed by atoms with Crippen LogP contribution in [0.1, 0.15) is 37.3 Å². The molecule has 6 heteroatoms. The number of methoxy groups -OCH3 is 1. The van der Waals surface area contributed by atoms with Gasteiger partial charge in [-0.05, 0) is 24.6 Å². The molecule has 1 aromatic rings. The lowest BCUT2D eigenvalue weighted by Gasteiger charge is -2.39. The van der Waals surface area contributed by atoms with Crippen LogP contribution in [0.5, 0.6) is 0 Å². The molecule has 0 bridgehead atoms. The van der Waals surface area contributed by atoms with E-state index in [4.69, 9.17) is 14.8 Å². The molecule has 2 heterocycles. The number of carbonyl (C=O) groups excluding carboxylic acids is 1. The molecule has 0 aliphatic carbocycles. The summed E-state index contributed by atoms with van der Waals surface area (Å²) in [5.74, 6) is -0.201. The highest BCUT2D eigenvalue weighted by Gasteiger charge is 2.43. The van der Waals surface area contributed by atoms with E-state index in [0.717, 1.165) is 43.6 Å². The number of nitriles is 1. The first-order chi connectivity index (χ1) is 11.6. The SMILES string of the molecule is COC(=O)C(C)N1CCC2(CC1)CC(c1ccc(C#N)cc1)=NO2. The molecule has 24 heavy (non-hydrogen) atoms. The van der Waals surface area contributed by atoms with Crippen molar-refractivity contribution in [1.82, 2.24) is 4.90 Å². The number of likely N-dealkylation sites (tertiary alicyclic amines) is 1. The molecule has 1 saturated heterocycles. The average Bonchev–Trinajstić information content (AvgIpc) is 3.05. The molecule has 0 radical (unpaired) electrons. The summed E-state index contributed by atoms with van der Waals surface area (Å²) in [4.78, 5) is 19.6. The van der Waals surface area contributed by atoms with Crippen molar-refractivity contribution in [3.63, 3.8) is 0 Å². The van der Waals surface area contributed by atoms with E-state index in [0.29, 0.717) is 5.56 Å². The molecule has 126 valence electrons. The molecule has 3 rings (SSSR count). The average molecular weight is 327 g/mol. The smallest absolute Gasteiger partial charge is 0.322 e. The van der Waals surface area contributed by atoms with Crippen LogP contribution in [-0.4, -0.2) is 48.4 Å². The fraction of sp³-hybridized carbons (Fsp3) is 0.500. The first kappa shape index (κ1) is 16.5. The zero-order valence-corrected chi connectivity index (χ0v) is 14.0. The van der Waals surface area contributed by atoms with E-state index in [-0.39, 0.29) is 17.6 Å². The normalized spacial score (nSPS) is 20.8. The van der Waals surface area contributed by atoms with Crippen molar-refractivity contribution >= 4 is 11.7 Å². The summed E-state index contributed by atoms with van der Waals surface area (Å²) >= 11 is 0. The number of hydrogen-bond acceptors (Lipinski definition) is 6. The van der Waals surface area contributed by atoms with E-state index in [2.05, 4.69) is 16.1 Å². The third-order valence-electron chi connectivity index (χ3n) is 4.99. The van der Waals surface area contributed by atoms with E-state index < -0.39 is 0 Å². The number of benzene rings is 1. The summed E-state index contributed by atoms with van der Waals surface area (Å²) in [6.07, 6.45) is 2.43. The van der Waals surface area contributed by atoms with E-state index in [1.54, 1.807) is 12.1 Å². The number of ether oxygens (including phenoxy) is 1. The van der Waals surface area contributed by atoms with Gasteiger partial charge in [0, 0.05) is 32.4 Å². The van der Waals surface area contributed by atoms with Crippen LogP contribution in [0.15, 0.2) is 29.4 Å². The van der Waals surface area contributed by atoms with Crippen LogP contribution in [-0.2, 0) is 14.4 Å². The minimum atomic E-state index is -0.268. The topological polar surface area (TPSA) is 74.9 Å². The Bertz CT molecular complexity index is 682. The lowest BCUT2D eigenvalue weighted by molar-refractivity contribution is -0.148. The Morgan fingerprint density at radius 3 is 2.62 bits per heavy atom. The second-order valence-corrected chi connectivity index (χ2v) is 6.41.